The second-order valence-electron chi connectivity index (χ2n) is 5.96. The lowest BCUT2D eigenvalue weighted by atomic mass is 9.76. The second-order valence-corrected chi connectivity index (χ2v) is 6.80. The van der Waals surface area contributed by atoms with Crippen LogP contribution in [0.15, 0.2) is 18.2 Å². The molecule has 1 aromatic rings. The first-order valence-corrected chi connectivity index (χ1v) is 7.48. The van der Waals surface area contributed by atoms with Crippen molar-refractivity contribution in [3.8, 4) is 0 Å². The lowest BCUT2D eigenvalue weighted by molar-refractivity contribution is -0.148. The van der Waals surface area contributed by atoms with Gasteiger partial charge >= 0.3 is 5.97 Å². The zero-order chi connectivity index (χ0) is 15.8. The fraction of sp³-hybridized carbons (Fsp3) is 0.467. The maximum atomic E-state index is 12.7. The molecule has 0 saturated carbocycles. The van der Waals surface area contributed by atoms with Crippen molar-refractivity contribution in [3.05, 3.63) is 33.8 Å². The van der Waals surface area contributed by atoms with Crippen LogP contribution in [-0.2, 0) is 4.79 Å². The van der Waals surface area contributed by atoms with Gasteiger partial charge in [0.25, 0.3) is 5.91 Å². The molecular weight excluding hydrogens is 313 g/mol. The zero-order valence-corrected chi connectivity index (χ0v) is 13.4. The first kappa shape index (κ1) is 16.1. The molecule has 0 aliphatic carbocycles. The summed E-state index contributed by atoms with van der Waals surface area (Å²) in [6.45, 7) is 4.14. The van der Waals surface area contributed by atoms with Gasteiger partial charge in [0.1, 0.15) is 6.04 Å². The van der Waals surface area contributed by atoms with E-state index in [4.69, 9.17) is 23.2 Å². The maximum absolute atomic E-state index is 12.7. The summed E-state index contributed by atoms with van der Waals surface area (Å²) in [7, 11) is 0. The minimum absolute atomic E-state index is 0.244. The van der Waals surface area contributed by atoms with Crippen molar-refractivity contribution < 1.29 is 14.7 Å². The summed E-state index contributed by atoms with van der Waals surface area (Å²) in [5.41, 5.74) is -0.238. The maximum Gasteiger partial charge on any atom is 0.326 e. The van der Waals surface area contributed by atoms with Crippen LogP contribution in [0.3, 0.4) is 0 Å². The van der Waals surface area contributed by atoms with E-state index in [2.05, 4.69) is 0 Å². The normalized spacial score (nSPS) is 21.1. The second kappa shape index (κ2) is 5.85. The van der Waals surface area contributed by atoms with E-state index in [1.54, 1.807) is 12.1 Å². The SMILES string of the molecule is CC1(C)CCCN(C(=O)c2cc(Cl)ccc2Cl)C1C(=O)O. The number of carboxylic acid groups (broad SMARTS) is 1. The van der Waals surface area contributed by atoms with Gasteiger partial charge in [-0.3, -0.25) is 4.79 Å². The highest BCUT2D eigenvalue weighted by molar-refractivity contribution is 6.35. The Hall–Kier alpha value is -1.26. The highest BCUT2D eigenvalue weighted by atomic mass is 35.5. The summed E-state index contributed by atoms with van der Waals surface area (Å²) < 4.78 is 0. The predicted molar refractivity (Wildman–Crippen MR) is 81.9 cm³/mol. The number of amides is 1. The number of rotatable bonds is 2. The van der Waals surface area contributed by atoms with Crippen molar-refractivity contribution in [2.75, 3.05) is 6.54 Å². The van der Waals surface area contributed by atoms with Crippen LogP contribution in [0, 0.1) is 5.41 Å². The third kappa shape index (κ3) is 3.16. The molecule has 1 saturated heterocycles. The summed E-state index contributed by atoms with van der Waals surface area (Å²) in [6.07, 6.45) is 1.53. The molecule has 1 aliphatic rings. The van der Waals surface area contributed by atoms with Crippen molar-refractivity contribution in [1.29, 1.82) is 0 Å². The van der Waals surface area contributed by atoms with Crippen LogP contribution in [0.1, 0.15) is 37.0 Å². The van der Waals surface area contributed by atoms with Crippen molar-refractivity contribution in [1.82, 2.24) is 4.90 Å². The number of carboxylic acids is 1. The number of carbonyl (C=O) groups is 2. The first-order chi connectivity index (χ1) is 9.74. The summed E-state index contributed by atoms with van der Waals surface area (Å²) in [5.74, 6) is -1.38. The highest BCUT2D eigenvalue weighted by Crippen LogP contribution is 2.36. The van der Waals surface area contributed by atoms with Gasteiger partial charge < -0.3 is 10.0 Å². The molecule has 114 valence electrons. The van der Waals surface area contributed by atoms with Crippen LogP contribution in [-0.4, -0.2) is 34.5 Å². The number of aliphatic carboxylic acids is 1. The molecule has 1 N–H and O–H groups in total. The van der Waals surface area contributed by atoms with E-state index < -0.39 is 17.4 Å². The number of hydrogen-bond donors (Lipinski definition) is 1. The van der Waals surface area contributed by atoms with Crippen molar-refractivity contribution in [3.63, 3.8) is 0 Å². The minimum atomic E-state index is -0.994. The minimum Gasteiger partial charge on any atom is -0.480 e. The number of likely N-dealkylation sites (tertiary alicyclic amines) is 1. The molecule has 1 fully saturated rings. The van der Waals surface area contributed by atoms with Crippen LogP contribution in [0.5, 0.6) is 0 Å². The quantitative estimate of drug-likeness (QED) is 0.899. The van der Waals surface area contributed by atoms with Crippen molar-refractivity contribution in [2.45, 2.75) is 32.7 Å². The van der Waals surface area contributed by atoms with Crippen LogP contribution in [0.2, 0.25) is 10.0 Å². The Bertz CT molecular complexity index is 586. The van der Waals surface area contributed by atoms with E-state index in [1.807, 2.05) is 13.8 Å². The van der Waals surface area contributed by atoms with E-state index in [1.165, 1.54) is 11.0 Å². The van der Waals surface area contributed by atoms with Gasteiger partial charge in [-0.2, -0.15) is 0 Å². The predicted octanol–water partition coefficient (Wildman–Crippen LogP) is 3.71. The Labute approximate surface area is 133 Å². The van der Waals surface area contributed by atoms with Crippen LogP contribution >= 0.6 is 23.2 Å². The molecule has 1 heterocycles. The standard InChI is InChI=1S/C15H17Cl2NO3/c1-15(2)6-3-7-18(12(15)14(20)21)13(19)10-8-9(16)4-5-11(10)17/h4-5,8,12H,3,6-7H2,1-2H3,(H,20,21). The van der Waals surface area contributed by atoms with Crippen molar-refractivity contribution >= 4 is 35.1 Å². The lowest BCUT2D eigenvalue weighted by Crippen LogP contribution is -2.56. The molecule has 1 unspecified atom stereocenters. The topological polar surface area (TPSA) is 57.6 Å². The van der Waals surface area contributed by atoms with Gasteiger partial charge in [-0.15, -0.1) is 0 Å². The molecule has 2 rings (SSSR count). The van der Waals surface area contributed by atoms with Gasteiger partial charge in [0.2, 0.25) is 0 Å². The van der Waals surface area contributed by atoms with Gasteiger partial charge in [0.15, 0.2) is 0 Å². The van der Waals surface area contributed by atoms with Gasteiger partial charge in [0.05, 0.1) is 10.6 Å². The molecule has 21 heavy (non-hydrogen) atoms. The Morgan fingerprint density at radius 1 is 1.33 bits per heavy atom. The zero-order valence-electron chi connectivity index (χ0n) is 11.9. The molecule has 1 atom stereocenters. The summed E-state index contributed by atoms with van der Waals surface area (Å²) in [5, 5.41) is 10.2. The summed E-state index contributed by atoms with van der Waals surface area (Å²) >= 11 is 12.0. The number of hydrogen-bond acceptors (Lipinski definition) is 2. The molecular formula is C15H17Cl2NO3. The molecule has 1 amide bonds. The molecule has 0 bridgehead atoms. The largest absolute Gasteiger partial charge is 0.480 e. The van der Waals surface area contributed by atoms with Gasteiger partial charge in [0, 0.05) is 11.6 Å². The van der Waals surface area contributed by atoms with E-state index in [0.29, 0.717) is 11.6 Å². The molecule has 0 spiro atoms. The fourth-order valence-electron chi connectivity index (χ4n) is 2.90. The van der Waals surface area contributed by atoms with E-state index in [9.17, 15) is 14.7 Å². The third-order valence-electron chi connectivity index (χ3n) is 3.93. The number of carbonyl (C=O) groups excluding carboxylic acids is 1. The fourth-order valence-corrected chi connectivity index (χ4v) is 3.27. The lowest BCUT2D eigenvalue weighted by Gasteiger charge is -2.44. The van der Waals surface area contributed by atoms with E-state index in [-0.39, 0.29) is 16.5 Å². The summed E-state index contributed by atoms with van der Waals surface area (Å²) in [6, 6.07) is 3.75. The Balaban J connectivity index is 2.41. The molecule has 4 nitrogen and oxygen atoms in total. The first-order valence-electron chi connectivity index (χ1n) is 6.73. The monoisotopic (exact) mass is 329 g/mol. The molecule has 0 radical (unpaired) electrons. The molecule has 1 aliphatic heterocycles. The van der Waals surface area contributed by atoms with Crippen molar-refractivity contribution in [2.24, 2.45) is 5.41 Å². The van der Waals surface area contributed by atoms with E-state index in [0.717, 1.165) is 12.8 Å². The number of halogens is 2. The average molecular weight is 330 g/mol. The number of benzene rings is 1. The Kier molecular flexibility index (Phi) is 4.49. The molecule has 0 aromatic heterocycles. The van der Waals surface area contributed by atoms with Gasteiger partial charge in [-0.05, 0) is 36.5 Å². The molecule has 6 heteroatoms. The van der Waals surface area contributed by atoms with E-state index >= 15 is 0 Å². The molecule has 1 aromatic carbocycles. The van der Waals surface area contributed by atoms with Gasteiger partial charge in [-0.25, -0.2) is 4.79 Å². The van der Waals surface area contributed by atoms with Crippen LogP contribution in [0.25, 0.3) is 0 Å². The summed E-state index contributed by atoms with van der Waals surface area (Å²) in [4.78, 5) is 25.7. The number of nitrogens with zero attached hydrogens (tertiary/aromatic N) is 1. The Morgan fingerprint density at radius 2 is 2.00 bits per heavy atom. The Morgan fingerprint density at radius 3 is 2.62 bits per heavy atom. The number of piperidine rings is 1. The third-order valence-corrected chi connectivity index (χ3v) is 4.49. The average Bonchev–Trinajstić information content (AvgIpc) is 2.38. The van der Waals surface area contributed by atoms with Crippen LogP contribution in [0.4, 0.5) is 0 Å². The van der Waals surface area contributed by atoms with Crippen LogP contribution < -0.4 is 0 Å². The highest BCUT2D eigenvalue weighted by Gasteiger charge is 2.44. The van der Waals surface area contributed by atoms with Gasteiger partial charge in [-0.1, -0.05) is 37.0 Å². The smallest absolute Gasteiger partial charge is 0.326 e.